The zero-order valence-electron chi connectivity index (χ0n) is 14.8. The summed E-state index contributed by atoms with van der Waals surface area (Å²) in [7, 11) is 0. The smallest absolute Gasteiger partial charge is 0.316 e. The zero-order valence-corrected chi connectivity index (χ0v) is 14.8. The Kier molecular flexibility index (Phi) is 7.41. The third-order valence-electron chi connectivity index (χ3n) is 5.15. The molecule has 1 saturated carbocycles. The summed E-state index contributed by atoms with van der Waals surface area (Å²) in [6.45, 7) is 5.80. The number of allylic oxidation sites excluding steroid dienone is 1. The van der Waals surface area contributed by atoms with Gasteiger partial charge in [-0.2, -0.15) is 8.78 Å². The van der Waals surface area contributed by atoms with E-state index in [1.54, 1.807) is 0 Å². The average Bonchev–Trinajstić information content (AvgIpc) is 2.59. The molecular formula is C21H30F2O. The molecule has 3 heteroatoms. The first kappa shape index (κ1) is 19.1. The molecule has 1 aromatic rings. The lowest BCUT2D eigenvalue weighted by molar-refractivity contribution is -0.256. The Morgan fingerprint density at radius 1 is 1.08 bits per heavy atom. The minimum Gasteiger partial charge on any atom is -0.316 e. The molecule has 24 heavy (non-hydrogen) atoms. The summed E-state index contributed by atoms with van der Waals surface area (Å²) in [5, 5.41) is 0. The molecule has 0 saturated heterocycles. The Balaban J connectivity index is 1.73. The van der Waals surface area contributed by atoms with Crippen molar-refractivity contribution in [1.82, 2.24) is 0 Å². The van der Waals surface area contributed by atoms with Crippen molar-refractivity contribution < 1.29 is 13.5 Å². The van der Waals surface area contributed by atoms with Crippen molar-refractivity contribution in [2.45, 2.75) is 71.0 Å². The van der Waals surface area contributed by atoms with Gasteiger partial charge in [0.1, 0.15) is 0 Å². The molecule has 1 fully saturated rings. The zero-order chi connectivity index (χ0) is 17.4. The van der Waals surface area contributed by atoms with Gasteiger partial charge in [0, 0.05) is 6.42 Å². The second-order valence-corrected chi connectivity index (χ2v) is 7.05. The Hall–Kier alpha value is -1.22. The minimum atomic E-state index is -3.03. The maximum atomic E-state index is 14.1. The molecule has 0 unspecified atom stereocenters. The van der Waals surface area contributed by atoms with Crippen LogP contribution in [-0.2, 0) is 17.8 Å². The highest BCUT2D eigenvalue weighted by molar-refractivity contribution is 5.21. The summed E-state index contributed by atoms with van der Waals surface area (Å²) >= 11 is 0. The molecular weight excluding hydrogens is 306 g/mol. The summed E-state index contributed by atoms with van der Waals surface area (Å²) in [5.74, 6) is 0.772. The first-order valence-corrected chi connectivity index (χ1v) is 9.23. The monoisotopic (exact) mass is 336 g/mol. The second-order valence-electron chi connectivity index (χ2n) is 7.05. The van der Waals surface area contributed by atoms with Crippen LogP contribution in [0.1, 0.15) is 63.0 Å². The van der Waals surface area contributed by atoms with Gasteiger partial charge in [-0.05, 0) is 55.1 Å². The highest BCUT2D eigenvalue weighted by atomic mass is 19.3. The van der Waals surface area contributed by atoms with Crippen LogP contribution in [0.25, 0.3) is 0 Å². The van der Waals surface area contributed by atoms with Crippen LogP contribution in [0.5, 0.6) is 0 Å². The molecule has 1 aliphatic rings. The van der Waals surface area contributed by atoms with Crippen molar-refractivity contribution in [2.75, 3.05) is 0 Å². The van der Waals surface area contributed by atoms with Gasteiger partial charge in [0.15, 0.2) is 0 Å². The van der Waals surface area contributed by atoms with Gasteiger partial charge in [-0.25, -0.2) is 0 Å². The summed E-state index contributed by atoms with van der Waals surface area (Å²) in [4.78, 5) is 0. The number of halogens is 2. The van der Waals surface area contributed by atoms with Crippen molar-refractivity contribution in [3.8, 4) is 0 Å². The molecule has 0 aromatic heterocycles. The minimum absolute atomic E-state index is 0.0221. The van der Waals surface area contributed by atoms with Crippen LogP contribution in [0.15, 0.2) is 36.9 Å². The van der Waals surface area contributed by atoms with Crippen LogP contribution in [0.2, 0.25) is 0 Å². The van der Waals surface area contributed by atoms with Gasteiger partial charge in [-0.3, -0.25) is 0 Å². The van der Waals surface area contributed by atoms with E-state index in [9.17, 15) is 8.78 Å². The van der Waals surface area contributed by atoms with Crippen LogP contribution in [-0.4, -0.2) is 6.11 Å². The average molecular weight is 336 g/mol. The number of hydrogen-bond acceptors (Lipinski definition) is 1. The molecule has 0 amide bonds. The first-order chi connectivity index (χ1) is 11.5. The van der Waals surface area contributed by atoms with Crippen molar-refractivity contribution in [3.63, 3.8) is 0 Å². The molecule has 134 valence electrons. The second kappa shape index (κ2) is 9.31. The van der Waals surface area contributed by atoms with Crippen LogP contribution in [0, 0.1) is 11.8 Å². The molecule has 1 aromatic carbocycles. The normalized spacial score (nSPS) is 21.6. The number of aryl methyl sites for hydroxylation is 1. The Morgan fingerprint density at radius 3 is 2.25 bits per heavy atom. The van der Waals surface area contributed by atoms with Crippen LogP contribution in [0.3, 0.4) is 0 Å². The number of benzene rings is 1. The van der Waals surface area contributed by atoms with Gasteiger partial charge in [0.05, 0.1) is 6.61 Å². The van der Waals surface area contributed by atoms with Crippen LogP contribution >= 0.6 is 0 Å². The van der Waals surface area contributed by atoms with E-state index >= 15 is 0 Å². The predicted molar refractivity (Wildman–Crippen MR) is 95.1 cm³/mol. The third-order valence-corrected chi connectivity index (χ3v) is 5.15. The van der Waals surface area contributed by atoms with E-state index in [4.69, 9.17) is 4.74 Å². The maximum absolute atomic E-state index is 14.1. The van der Waals surface area contributed by atoms with E-state index in [0.29, 0.717) is 5.92 Å². The lowest BCUT2D eigenvalue weighted by atomic mass is 9.78. The highest BCUT2D eigenvalue weighted by Crippen LogP contribution is 2.38. The van der Waals surface area contributed by atoms with Crippen LogP contribution < -0.4 is 0 Å². The number of ether oxygens (including phenoxy) is 1. The van der Waals surface area contributed by atoms with E-state index < -0.39 is 6.11 Å². The van der Waals surface area contributed by atoms with Crippen LogP contribution in [0.4, 0.5) is 8.78 Å². The Bertz CT molecular complexity index is 487. The van der Waals surface area contributed by atoms with Crippen molar-refractivity contribution in [2.24, 2.45) is 11.8 Å². The predicted octanol–water partition coefficient (Wildman–Crippen LogP) is 6.52. The van der Waals surface area contributed by atoms with Crippen molar-refractivity contribution in [3.05, 3.63) is 48.0 Å². The molecule has 0 radical (unpaired) electrons. The molecule has 0 atom stereocenters. The Labute approximate surface area is 145 Å². The standard InChI is InChI=1S/C21H30F2O/c1-3-5-6-18-9-11-19(12-10-18)15-21(22,23)24-16-20-13-7-17(4-2)8-14-20/h3,7-8,13-14,18-19H,1,4-6,9-12,15-16H2,2H3/t18-,19-. The summed E-state index contributed by atoms with van der Waals surface area (Å²) in [6, 6.07) is 7.70. The molecule has 0 aliphatic heterocycles. The van der Waals surface area contributed by atoms with Gasteiger partial charge in [-0.1, -0.05) is 50.1 Å². The van der Waals surface area contributed by atoms with Gasteiger partial charge in [-0.15, -0.1) is 6.58 Å². The van der Waals surface area contributed by atoms with E-state index in [2.05, 4.69) is 13.5 Å². The van der Waals surface area contributed by atoms with Crippen molar-refractivity contribution in [1.29, 1.82) is 0 Å². The lowest BCUT2D eigenvalue weighted by Crippen LogP contribution is -2.27. The van der Waals surface area contributed by atoms with E-state index in [0.717, 1.165) is 50.5 Å². The summed E-state index contributed by atoms with van der Waals surface area (Å²) < 4.78 is 33.1. The summed E-state index contributed by atoms with van der Waals surface area (Å²) in [6.07, 6.45) is 5.82. The first-order valence-electron chi connectivity index (χ1n) is 9.23. The van der Waals surface area contributed by atoms with Crippen molar-refractivity contribution >= 4 is 0 Å². The van der Waals surface area contributed by atoms with E-state index in [1.807, 2.05) is 30.3 Å². The molecule has 0 bridgehead atoms. The molecule has 0 heterocycles. The van der Waals surface area contributed by atoms with Gasteiger partial charge in [0.25, 0.3) is 0 Å². The quantitative estimate of drug-likeness (QED) is 0.466. The number of alkyl halides is 2. The maximum Gasteiger partial charge on any atom is 0.356 e. The summed E-state index contributed by atoms with van der Waals surface area (Å²) in [5.41, 5.74) is 2.01. The topological polar surface area (TPSA) is 9.23 Å². The fourth-order valence-electron chi connectivity index (χ4n) is 3.53. The fourth-order valence-corrected chi connectivity index (χ4v) is 3.53. The Morgan fingerprint density at radius 2 is 1.67 bits per heavy atom. The lowest BCUT2D eigenvalue weighted by Gasteiger charge is -2.30. The third kappa shape index (κ3) is 6.35. The molecule has 0 N–H and O–H groups in total. The molecule has 0 spiro atoms. The van der Waals surface area contributed by atoms with E-state index in [-0.39, 0.29) is 18.9 Å². The van der Waals surface area contributed by atoms with E-state index in [1.165, 1.54) is 5.56 Å². The number of hydrogen-bond donors (Lipinski definition) is 0. The molecule has 2 rings (SSSR count). The molecule has 1 aliphatic carbocycles. The number of rotatable bonds is 9. The van der Waals surface area contributed by atoms with Gasteiger partial charge >= 0.3 is 6.11 Å². The highest BCUT2D eigenvalue weighted by Gasteiger charge is 2.35. The van der Waals surface area contributed by atoms with Gasteiger partial charge in [0.2, 0.25) is 0 Å². The van der Waals surface area contributed by atoms with Gasteiger partial charge < -0.3 is 4.74 Å². The fraction of sp³-hybridized carbons (Fsp3) is 0.619. The largest absolute Gasteiger partial charge is 0.356 e. The SMILES string of the molecule is C=CCC[C@H]1CC[C@H](CC(F)(F)OCc2ccc(CC)cc2)CC1. The molecule has 1 nitrogen and oxygen atoms in total.